The number of aromatic nitrogens is 1. The van der Waals surface area contributed by atoms with Gasteiger partial charge in [-0.1, -0.05) is 23.2 Å². The lowest BCUT2D eigenvalue weighted by molar-refractivity contribution is 1.32. The first-order valence-electron chi connectivity index (χ1n) is 2.55. The van der Waals surface area contributed by atoms with Crippen LogP contribution in [0.25, 0.3) is 0 Å². The van der Waals surface area contributed by atoms with Crippen LogP contribution in [-0.2, 0) is 0 Å². The first-order chi connectivity index (χ1) is 4.75. The zero-order valence-electron chi connectivity index (χ0n) is 4.94. The van der Waals surface area contributed by atoms with E-state index >= 15 is 0 Å². The van der Waals surface area contributed by atoms with Gasteiger partial charge in [-0.05, 0) is 0 Å². The molecule has 10 heavy (non-hydrogen) atoms. The maximum absolute atomic E-state index is 6.90. The summed E-state index contributed by atoms with van der Waals surface area (Å²) < 4.78 is 0. The van der Waals surface area contributed by atoms with Gasteiger partial charge in [0, 0.05) is 24.2 Å². The van der Waals surface area contributed by atoms with Crippen LogP contribution < -0.4 is 0 Å². The van der Waals surface area contributed by atoms with Crippen LogP contribution in [0.5, 0.6) is 0 Å². The third-order valence-corrected chi connectivity index (χ3v) is 1.64. The van der Waals surface area contributed by atoms with E-state index in [1.54, 1.807) is 0 Å². The summed E-state index contributed by atoms with van der Waals surface area (Å²) in [6.07, 6.45) is 4.01. The van der Waals surface area contributed by atoms with Crippen molar-refractivity contribution in [3.63, 3.8) is 0 Å². The average Bonchev–Trinajstić information content (AvgIpc) is 1.88. The Bertz CT molecular complexity index is 240. The second-order valence-electron chi connectivity index (χ2n) is 1.66. The van der Waals surface area contributed by atoms with E-state index in [4.69, 9.17) is 28.6 Å². The fourth-order valence-corrected chi connectivity index (χ4v) is 1.03. The maximum Gasteiger partial charge on any atom is 0.0691 e. The average molecular weight is 175 g/mol. The largest absolute Gasteiger partial charge is 0.308 e. The van der Waals surface area contributed by atoms with Crippen molar-refractivity contribution in [2.24, 2.45) is 0 Å². The molecule has 52 valence electrons. The van der Waals surface area contributed by atoms with Gasteiger partial charge >= 0.3 is 0 Å². The fourth-order valence-electron chi connectivity index (χ4n) is 0.559. The molecule has 1 rings (SSSR count). The highest BCUT2D eigenvalue weighted by molar-refractivity contribution is 6.38. The highest BCUT2D eigenvalue weighted by atomic mass is 35.5. The summed E-state index contributed by atoms with van der Waals surface area (Å²) in [5.74, 6) is 0. The standard InChI is InChI=1S/C6H4Cl2N2/c7-5-2-10-3-6(8)4(5)1-9/h1-3,9H. The summed E-state index contributed by atoms with van der Waals surface area (Å²) in [5, 5.41) is 7.71. The smallest absolute Gasteiger partial charge is 0.0691 e. The zero-order valence-corrected chi connectivity index (χ0v) is 6.45. The van der Waals surface area contributed by atoms with Crippen LogP contribution in [0.3, 0.4) is 0 Å². The van der Waals surface area contributed by atoms with Gasteiger partial charge in [-0.15, -0.1) is 0 Å². The first-order valence-corrected chi connectivity index (χ1v) is 3.30. The molecule has 0 amide bonds. The fraction of sp³-hybridized carbons (Fsp3) is 0. The number of pyridine rings is 1. The van der Waals surface area contributed by atoms with E-state index in [1.807, 2.05) is 0 Å². The molecule has 0 aliphatic heterocycles. The Hall–Kier alpha value is -0.600. The summed E-state index contributed by atoms with van der Waals surface area (Å²) >= 11 is 11.3. The quantitative estimate of drug-likeness (QED) is 0.653. The lowest BCUT2D eigenvalue weighted by Crippen LogP contribution is -1.84. The third kappa shape index (κ3) is 1.28. The maximum atomic E-state index is 6.90. The number of rotatable bonds is 1. The minimum atomic E-state index is 0.405. The molecule has 0 radical (unpaired) electrons. The van der Waals surface area contributed by atoms with Crippen molar-refractivity contribution in [1.29, 1.82) is 5.41 Å². The molecule has 0 saturated heterocycles. The topological polar surface area (TPSA) is 36.7 Å². The molecule has 0 aliphatic carbocycles. The van der Waals surface area contributed by atoms with Crippen molar-refractivity contribution >= 4 is 29.4 Å². The molecule has 0 bridgehead atoms. The SMILES string of the molecule is N=Cc1c(Cl)cncc1Cl. The molecular weight excluding hydrogens is 171 g/mol. The second kappa shape index (κ2) is 2.99. The van der Waals surface area contributed by atoms with Crippen LogP contribution in [0.1, 0.15) is 5.56 Å². The molecule has 0 spiro atoms. The number of hydrogen-bond acceptors (Lipinski definition) is 2. The third-order valence-electron chi connectivity index (χ3n) is 1.03. The molecule has 2 nitrogen and oxygen atoms in total. The van der Waals surface area contributed by atoms with E-state index in [9.17, 15) is 0 Å². The molecular formula is C6H4Cl2N2. The Morgan fingerprint density at radius 3 is 2.10 bits per heavy atom. The molecule has 0 unspecified atom stereocenters. The lowest BCUT2D eigenvalue weighted by Gasteiger charge is -1.96. The molecule has 0 saturated carbocycles. The molecule has 4 heteroatoms. The van der Waals surface area contributed by atoms with Crippen LogP contribution in [0.15, 0.2) is 12.4 Å². The predicted octanol–water partition coefficient (Wildman–Crippen LogP) is 2.39. The molecule has 0 aliphatic rings. The Kier molecular flexibility index (Phi) is 2.25. The number of nitrogens with zero attached hydrogens (tertiary/aromatic N) is 1. The monoisotopic (exact) mass is 174 g/mol. The first kappa shape index (κ1) is 7.51. The van der Waals surface area contributed by atoms with E-state index in [1.165, 1.54) is 12.4 Å². The molecule has 1 N–H and O–H groups in total. The van der Waals surface area contributed by atoms with E-state index in [0.29, 0.717) is 15.6 Å². The normalized spacial score (nSPS) is 9.40. The van der Waals surface area contributed by atoms with Crippen molar-refractivity contribution in [2.45, 2.75) is 0 Å². The Labute approximate surface area is 68.3 Å². The van der Waals surface area contributed by atoms with E-state index < -0.39 is 0 Å². The van der Waals surface area contributed by atoms with Gasteiger partial charge in [0.05, 0.1) is 10.0 Å². The van der Waals surface area contributed by atoms with Crippen LogP contribution >= 0.6 is 23.2 Å². The molecule has 1 aromatic rings. The van der Waals surface area contributed by atoms with Gasteiger partial charge in [0.2, 0.25) is 0 Å². The van der Waals surface area contributed by atoms with Crippen molar-refractivity contribution in [1.82, 2.24) is 4.98 Å². The highest BCUT2D eigenvalue weighted by Crippen LogP contribution is 2.19. The number of nitrogens with one attached hydrogen (secondary N) is 1. The van der Waals surface area contributed by atoms with Gasteiger partial charge in [0.25, 0.3) is 0 Å². The van der Waals surface area contributed by atoms with Crippen LogP contribution in [-0.4, -0.2) is 11.2 Å². The van der Waals surface area contributed by atoms with Crippen LogP contribution in [0.4, 0.5) is 0 Å². The van der Waals surface area contributed by atoms with E-state index in [2.05, 4.69) is 4.98 Å². The van der Waals surface area contributed by atoms with Gasteiger partial charge in [-0.3, -0.25) is 4.98 Å². The van der Waals surface area contributed by atoms with Gasteiger partial charge in [0.1, 0.15) is 0 Å². The summed E-state index contributed by atoms with van der Waals surface area (Å²) in [4.78, 5) is 3.73. The Morgan fingerprint density at radius 2 is 1.80 bits per heavy atom. The van der Waals surface area contributed by atoms with Gasteiger partial charge in [0.15, 0.2) is 0 Å². The molecule has 1 heterocycles. The Balaban J connectivity index is 3.30. The van der Waals surface area contributed by atoms with Crippen molar-refractivity contribution < 1.29 is 0 Å². The van der Waals surface area contributed by atoms with Crippen molar-refractivity contribution in [2.75, 3.05) is 0 Å². The summed E-state index contributed by atoms with van der Waals surface area (Å²) in [6, 6.07) is 0. The number of halogens is 2. The predicted molar refractivity (Wildman–Crippen MR) is 42.1 cm³/mol. The molecule has 0 atom stereocenters. The summed E-state index contributed by atoms with van der Waals surface area (Å²) in [6.45, 7) is 0. The minimum Gasteiger partial charge on any atom is -0.308 e. The molecule has 0 fully saturated rings. The Morgan fingerprint density at radius 1 is 1.30 bits per heavy atom. The summed E-state index contributed by atoms with van der Waals surface area (Å²) in [7, 11) is 0. The number of hydrogen-bond donors (Lipinski definition) is 1. The lowest BCUT2D eigenvalue weighted by atomic mass is 10.3. The van der Waals surface area contributed by atoms with Crippen LogP contribution in [0.2, 0.25) is 10.0 Å². The van der Waals surface area contributed by atoms with Crippen molar-refractivity contribution in [3.8, 4) is 0 Å². The second-order valence-corrected chi connectivity index (χ2v) is 2.48. The highest BCUT2D eigenvalue weighted by Gasteiger charge is 2.00. The van der Waals surface area contributed by atoms with Crippen LogP contribution in [0, 0.1) is 5.41 Å². The molecule has 0 aromatic carbocycles. The van der Waals surface area contributed by atoms with Gasteiger partial charge < -0.3 is 5.41 Å². The van der Waals surface area contributed by atoms with E-state index in [-0.39, 0.29) is 0 Å². The van der Waals surface area contributed by atoms with E-state index in [0.717, 1.165) is 6.21 Å². The zero-order chi connectivity index (χ0) is 7.56. The molecule has 1 aromatic heterocycles. The minimum absolute atomic E-state index is 0.405. The summed E-state index contributed by atoms with van der Waals surface area (Å²) in [5.41, 5.74) is 0.512. The van der Waals surface area contributed by atoms with Gasteiger partial charge in [-0.25, -0.2) is 0 Å². The van der Waals surface area contributed by atoms with Crippen molar-refractivity contribution in [3.05, 3.63) is 28.0 Å². The van der Waals surface area contributed by atoms with Gasteiger partial charge in [-0.2, -0.15) is 0 Å².